The Balaban J connectivity index is 0.000000110. The molecular weight excluding hydrogens is 1620 g/mol. The van der Waals surface area contributed by atoms with Crippen LogP contribution in [0.15, 0.2) is 472 Å². The van der Waals surface area contributed by atoms with E-state index in [0.29, 0.717) is 52.4 Å². The lowest BCUT2D eigenvalue weighted by atomic mass is 9.94. The normalized spacial score (nSPS) is 11.5. The summed E-state index contributed by atoms with van der Waals surface area (Å²) in [5, 5.41) is 23.3. The third kappa shape index (κ3) is 15.0. The van der Waals surface area contributed by atoms with Gasteiger partial charge in [0.05, 0.1) is 0 Å². The molecule has 0 radical (unpaired) electrons. The molecule has 0 atom stereocenters. The minimum atomic E-state index is 0.611. The molecule has 0 saturated carbocycles. The molecule has 0 saturated heterocycles. The van der Waals surface area contributed by atoms with Crippen LogP contribution in [0.4, 0.5) is 0 Å². The first-order chi connectivity index (χ1) is 65.9. The molecule has 22 aromatic carbocycles. The maximum atomic E-state index is 6.16. The molecule has 26 rings (SSSR count). The highest BCUT2D eigenvalue weighted by Crippen LogP contribution is 2.44. The third-order valence-corrected chi connectivity index (χ3v) is 25.4. The number of para-hydroxylation sites is 1. The highest BCUT2D eigenvalue weighted by molar-refractivity contribution is 6.17. The molecule has 0 amide bonds. The molecular formula is C123H77N9O. The molecule has 0 unspecified atom stereocenters. The van der Waals surface area contributed by atoms with E-state index in [0.717, 1.165) is 132 Å². The van der Waals surface area contributed by atoms with Crippen LogP contribution >= 0.6 is 0 Å². The molecule has 133 heavy (non-hydrogen) atoms. The number of fused-ring (bicyclic) bond motifs is 16. The zero-order valence-corrected chi connectivity index (χ0v) is 71.9. The van der Waals surface area contributed by atoms with Crippen LogP contribution in [-0.4, -0.2) is 44.9 Å². The van der Waals surface area contributed by atoms with Gasteiger partial charge in [-0.05, 0) is 179 Å². The van der Waals surface area contributed by atoms with Gasteiger partial charge in [0, 0.05) is 60.8 Å². The molecule has 0 N–H and O–H groups in total. The van der Waals surface area contributed by atoms with Gasteiger partial charge in [-0.25, -0.2) is 44.9 Å². The zero-order chi connectivity index (χ0) is 88.1. The van der Waals surface area contributed by atoms with E-state index in [1.807, 2.05) is 66.7 Å². The monoisotopic (exact) mass is 1700 g/mol. The van der Waals surface area contributed by atoms with Crippen molar-refractivity contribution >= 4 is 119 Å². The van der Waals surface area contributed by atoms with Gasteiger partial charge in [-0.3, -0.25) is 0 Å². The lowest BCUT2D eigenvalue weighted by molar-refractivity contribution is 0.669. The van der Waals surface area contributed by atoms with Gasteiger partial charge >= 0.3 is 0 Å². The third-order valence-electron chi connectivity index (χ3n) is 25.4. The SMILES string of the molecule is c1ccc(-c2ccc(-c3nc(-c4cc5ccccc5c5ccccc45)nc(-c4cc5ccccc5c5ccccc45)n3)cc2)cc1.c1ccc(-c2ccc(-c3nc(-c4ccc(-c5ccccc5)c5ccccc45)nc(-c4cc5ccccc5c5ccccc45)n3)cc2)cc1.c1ccc(-c2nc(-c3ccc4c(ccc5ccccc54)c3)nc(-c3ccc4c(c3)oc3ccccc34)n2)cc1. The van der Waals surface area contributed by atoms with Gasteiger partial charge in [0.25, 0.3) is 0 Å². The quantitative estimate of drug-likeness (QED) is 0.109. The summed E-state index contributed by atoms with van der Waals surface area (Å²) in [6.07, 6.45) is 0. The van der Waals surface area contributed by atoms with E-state index in [2.05, 4.69) is 400 Å². The maximum absolute atomic E-state index is 6.16. The van der Waals surface area contributed by atoms with Crippen LogP contribution in [0.5, 0.6) is 0 Å². The van der Waals surface area contributed by atoms with Crippen molar-refractivity contribution in [3.05, 3.63) is 467 Å². The molecule has 10 nitrogen and oxygen atoms in total. The number of hydrogen-bond acceptors (Lipinski definition) is 10. The zero-order valence-electron chi connectivity index (χ0n) is 71.9. The molecule has 0 aliphatic carbocycles. The van der Waals surface area contributed by atoms with Gasteiger partial charge < -0.3 is 4.42 Å². The Bertz CT molecular complexity index is 8870. The van der Waals surface area contributed by atoms with E-state index in [1.54, 1.807) is 0 Å². The van der Waals surface area contributed by atoms with Crippen LogP contribution in [0.3, 0.4) is 0 Å². The number of benzene rings is 22. The molecule has 0 spiro atoms. The fourth-order valence-corrected chi connectivity index (χ4v) is 18.8. The molecule has 0 aliphatic heterocycles. The summed E-state index contributed by atoms with van der Waals surface area (Å²) in [5.41, 5.74) is 17.3. The first kappa shape index (κ1) is 78.5. The first-order valence-corrected chi connectivity index (χ1v) is 44.7. The van der Waals surface area contributed by atoms with E-state index in [1.165, 1.54) is 70.7 Å². The van der Waals surface area contributed by atoms with Crippen LogP contribution in [0.25, 0.3) is 255 Å². The Kier molecular flexibility index (Phi) is 20.1. The van der Waals surface area contributed by atoms with Crippen molar-refractivity contribution in [1.29, 1.82) is 0 Å². The first-order valence-electron chi connectivity index (χ1n) is 44.7. The molecule has 0 bridgehead atoms. The Labute approximate surface area is 766 Å². The van der Waals surface area contributed by atoms with Crippen molar-refractivity contribution in [2.45, 2.75) is 0 Å². The molecule has 0 fully saturated rings. The summed E-state index contributed by atoms with van der Waals surface area (Å²) < 4.78 is 6.16. The second-order valence-corrected chi connectivity index (χ2v) is 33.3. The van der Waals surface area contributed by atoms with Gasteiger partial charge in [0.2, 0.25) is 0 Å². The van der Waals surface area contributed by atoms with Crippen molar-refractivity contribution in [3.63, 3.8) is 0 Å². The number of rotatable bonds is 12. The largest absolute Gasteiger partial charge is 0.456 e. The minimum absolute atomic E-state index is 0.611. The van der Waals surface area contributed by atoms with Gasteiger partial charge in [-0.2, -0.15) is 0 Å². The second-order valence-electron chi connectivity index (χ2n) is 33.3. The standard InChI is InChI=1S/C45H29N3.C43H27N3.C35H21N3O/c1-3-13-30(14-4-1)31-23-25-33(26-24-31)43-46-44(41-28-27-36(32-15-5-2-6-16-32)38-20-9-11-21-39(38)41)48-45(47-43)42-29-34-17-7-8-18-35(34)37-19-10-12-22-40(37)42;1-2-12-28(13-3-1)29-22-24-30(25-23-29)41-44-42(39-26-31-14-4-6-16-33(31)35-18-8-10-20-37(35)39)46-43(45-41)40-27-32-15-5-7-17-34(32)36-19-9-11-21-38(36)40;1-2-9-23(10-3-1)33-36-34(25-16-18-28-24(20-25)15-14-22-8-4-5-11-27(22)28)38-35(37-33)26-17-19-30-29-12-6-7-13-31(29)39-32(30)21-26/h1-29H;1-27H;1-21H. The highest BCUT2D eigenvalue weighted by Gasteiger charge is 2.24. The number of hydrogen-bond donors (Lipinski definition) is 0. The molecule has 26 aromatic rings. The Morgan fingerprint density at radius 2 is 0.353 bits per heavy atom. The van der Waals surface area contributed by atoms with E-state index in [9.17, 15) is 0 Å². The van der Waals surface area contributed by atoms with Crippen molar-refractivity contribution in [2.24, 2.45) is 0 Å². The maximum Gasteiger partial charge on any atom is 0.164 e. The van der Waals surface area contributed by atoms with Crippen LogP contribution in [0, 0.1) is 0 Å². The van der Waals surface area contributed by atoms with E-state index in [4.69, 9.17) is 49.3 Å². The van der Waals surface area contributed by atoms with Gasteiger partial charge in [0.15, 0.2) is 52.4 Å². The van der Waals surface area contributed by atoms with Crippen molar-refractivity contribution < 1.29 is 4.42 Å². The number of furan rings is 1. The molecule has 620 valence electrons. The summed E-state index contributed by atoms with van der Waals surface area (Å²) in [6.45, 7) is 0. The van der Waals surface area contributed by atoms with Gasteiger partial charge in [-0.15, -0.1) is 0 Å². The number of nitrogens with zero attached hydrogens (tertiary/aromatic N) is 9. The Morgan fingerprint density at radius 1 is 0.113 bits per heavy atom. The lowest BCUT2D eigenvalue weighted by Crippen LogP contribution is -2.01. The summed E-state index contributed by atoms with van der Waals surface area (Å²) in [6, 6.07) is 163. The van der Waals surface area contributed by atoms with Crippen LogP contribution in [-0.2, 0) is 0 Å². The minimum Gasteiger partial charge on any atom is -0.456 e. The van der Waals surface area contributed by atoms with E-state index >= 15 is 0 Å². The highest BCUT2D eigenvalue weighted by atomic mass is 16.3. The van der Waals surface area contributed by atoms with Crippen molar-refractivity contribution in [3.8, 4) is 136 Å². The number of aromatic nitrogens is 9. The van der Waals surface area contributed by atoms with Crippen molar-refractivity contribution in [2.75, 3.05) is 0 Å². The lowest BCUT2D eigenvalue weighted by Gasteiger charge is -2.14. The van der Waals surface area contributed by atoms with Crippen LogP contribution in [0.2, 0.25) is 0 Å². The topological polar surface area (TPSA) is 129 Å². The van der Waals surface area contributed by atoms with Crippen molar-refractivity contribution in [1.82, 2.24) is 44.9 Å². The van der Waals surface area contributed by atoms with Gasteiger partial charge in [-0.1, -0.05) is 419 Å². The molecule has 4 aromatic heterocycles. The smallest absolute Gasteiger partial charge is 0.164 e. The Morgan fingerprint density at radius 3 is 0.797 bits per heavy atom. The van der Waals surface area contributed by atoms with Gasteiger partial charge in [0.1, 0.15) is 11.2 Å². The fourth-order valence-electron chi connectivity index (χ4n) is 18.8. The second kappa shape index (κ2) is 34.0. The molecule has 10 heteroatoms. The summed E-state index contributed by atoms with van der Waals surface area (Å²) in [5.74, 6) is 5.79. The van der Waals surface area contributed by atoms with E-state index in [-0.39, 0.29) is 0 Å². The fraction of sp³-hybridized carbons (Fsp3) is 0. The predicted octanol–water partition coefficient (Wildman–Crippen LogP) is 31.9. The van der Waals surface area contributed by atoms with Crippen LogP contribution < -0.4 is 0 Å². The van der Waals surface area contributed by atoms with E-state index < -0.39 is 0 Å². The molecule has 0 aliphatic rings. The average molecular weight is 1700 g/mol. The summed E-state index contributed by atoms with van der Waals surface area (Å²) >= 11 is 0. The summed E-state index contributed by atoms with van der Waals surface area (Å²) in [4.78, 5) is 46.0. The van der Waals surface area contributed by atoms with Crippen LogP contribution in [0.1, 0.15) is 0 Å². The predicted molar refractivity (Wildman–Crippen MR) is 550 cm³/mol. The average Bonchev–Trinajstić information content (AvgIpc) is 1.47. The molecule has 4 heterocycles. The summed E-state index contributed by atoms with van der Waals surface area (Å²) in [7, 11) is 0. The Hall–Kier alpha value is -18.0.